The van der Waals surface area contributed by atoms with Crippen LogP contribution < -0.4 is 60.3 Å². The molecule has 0 aromatic carbocycles. The van der Waals surface area contributed by atoms with Gasteiger partial charge >= 0.3 is 33.0 Å². The molecule has 0 radical (unpaired) electrons. The fourth-order valence-electron chi connectivity index (χ4n) is 5.02. The van der Waals surface area contributed by atoms with Gasteiger partial charge in [-0.3, -0.25) is 9.59 Å². The third-order valence-corrected chi connectivity index (χ3v) is 6.64. The summed E-state index contributed by atoms with van der Waals surface area (Å²) in [6.07, 6.45) is 14.2. The Morgan fingerprint density at radius 3 is 1.26 bits per heavy atom. The van der Waals surface area contributed by atoms with E-state index in [1.807, 2.05) is 13.8 Å². The van der Waals surface area contributed by atoms with Gasteiger partial charge in [-0.1, -0.05) is 64.2 Å². The molecule has 11 heteroatoms. The van der Waals surface area contributed by atoms with E-state index in [9.17, 15) is 9.59 Å². The van der Waals surface area contributed by atoms with Crippen LogP contribution in [0, 0.1) is 11.8 Å². The second-order valence-corrected chi connectivity index (χ2v) is 9.00. The molecule has 2 fully saturated rings. The van der Waals surface area contributed by atoms with E-state index in [4.69, 9.17) is 9.47 Å². The Morgan fingerprint density at radius 2 is 0.971 bits per heavy atom. The Morgan fingerprint density at radius 1 is 0.657 bits per heavy atom. The number of carbonyl (C=O) groups is 2. The first kappa shape index (κ1) is 42.8. The molecule has 0 bridgehead atoms. The van der Waals surface area contributed by atoms with Gasteiger partial charge in [0.25, 0.3) is 0 Å². The Labute approximate surface area is 252 Å². The molecule has 6 nitrogen and oxygen atoms in total. The van der Waals surface area contributed by atoms with E-state index < -0.39 is 0 Å². The third kappa shape index (κ3) is 17.8. The summed E-state index contributed by atoms with van der Waals surface area (Å²) < 4.78 is 10.6. The van der Waals surface area contributed by atoms with Crippen LogP contribution in [0.15, 0.2) is 0 Å². The van der Waals surface area contributed by atoms with Crippen molar-refractivity contribution < 1.29 is 89.8 Å². The molecule has 35 heavy (non-hydrogen) atoms. The standard InChI is InChI=1S/C24H44N2O4.4ClH.Pt/c1-3-29-23(27)21(17-19-11-7-5-8-12-19)25-15-16-26-22(24(28)30-4-2)18-20-13-9-6-10-14-20;;;;;/h19-22,25-26H,3-18H2,1-2H3;4*1H;/q;;;;;+4/p-4. The average molecular weight is 762 g/mol. The summed E-state index contributed by atoms with van der Waals surface area (Å²) in [6, 6.07) is -0.511. The van der Waals surface area contributed by atoms with Gasteiger partial charge in [0.1, 0.15) is 12.1 Å². The van der Waals surface area contributed by atoms with E-state index in [1.54, 1.807) is 0 Å². The van der Waals surface area contributed by atoms with Crippen LogP contribution in [-0.4, -0.2) is 50.3 Å². The number of nitrogens with one attached hydrogen (secondary N) is 2. The maximum atomic E-state index is 12.4. The summed E-state index contributed by atoms with van der Waals surface area (Å²) in [5, 5.41) is 6.78. The topological polar surface area (TPSA) is 76.7 Å². The third-order valence-electron chi connectivity index (χ3n) is 6.64. The second kappa shape index (κ2) is 26.3. The predicted molar refractivity (Wildman–Crippen MR) is 119 cm³/mol. The first-order chi connectivity index (χ1) is 14.6. The number of hydrogen-bond acceptors (Lipinski definition) is 6. The van der Waals surface area contributed by atoms with E-state index in [-0.39, 0.29) is 94.7 Å². The molecule has 0 amide bonds. The minimum Gasteiger partial charge on any atom is -1.00 e. The number of halogens is 4. The molecule has 0 aliphatic heterocycles. The van der Waals surface area contributed by atoms with Crippen LogP contribution in [0.1, 0.15) is 90.9 Å². The minimum atomic E-state index is -0.255. The monoisotopic (exact) mass is 759 g/mol. The molecule has 2 unspecified atom stereocenters. The molecule has 0 aromatic heterocycles. The average Bonchev–Trinajstić information content (AvgIpc) is 2.76. The van der Waals surface area contributed by atoms with Gasteiger partial charge in [-0.05, 0) is 38.5 Å². The number of carbonyl (C=O) groups excluding carboxylic acids is 2. The van der Waals surface area contributed by atoms with Crippen molar-refractivity contribution in [1.82, 2.24) is 10.6 Å². The SMILES string of the molecule is CCOC(=O)C(CC1CCCCC1)NCCNC(CC1CCCCC1)C(=O)OCC.[Cl-].[Cl-].[Cl-].[Cl-].[Pt+4]. The summed E-state index contributed by atoms with van der Waals surface area (Å²) in [6.45, 7) is 5.80. The Bertz CT molecular complexity index is 468. The van der Waals surface area contributed by atoms with E-state index in [2.05, 4.69) is 10.6 Å². The molecule has 2 N–H and O–H groups in total. The maximum absolute atomic E-state index is 12.4. The number of esters is 2. The zero-order chi connectivity index (χ0) is 21.6. The zero-order valence-electron chi connectivity index (χ0n) is 21.1. The molecule has 0 spiro atoms. The van der Waals surface area contributed by atoms with E-state index in [0.717, 1.165) is 12.8 Å². The number of rotatable bonds is 13. The van der Waals surface area contributed by atoms with Crippen molar-refractivity contribution in [3.05, 3.63) is 0 Å². The van der Waals surface area contributed by atoms with Crippen molar-refractivity contribution in [2.24, 2.45) is 11.8 Å². The van der Waals surface area contributed by atoms with E-state index >= 15 is 0 Å². The van der Waals surface area contributed by atoms with Crippen LogP contribution in [0.2, 0.25) is 0 Å². The van der Waals surface area contributed by atoms with Gasteiger partial charge in [0.2, 0.25) is 0 Å². The molecular weight excluding hydrogens is 717 g/mol. The van der Waals surface area contributed by atoms with Crippen LogP contribution in [-0.2, 0) is 40.1 Å². The van der Waals surface area contributed by atoms with Crippen molar-refractivity contribution in [2.45, 2.75) is 103 Å². The summed E-state index contributed by atoms with van der Waals surface area (Å²) >= 11 is 0. The fourth-order valence-corrected chi connectivity index (χ4v) is 5.02. The fraction of sp³-hybridized carbons (Fsp3) is 0.917. The largest absolute Gasteiger partial charge is 4.00 e. The predicted octanol–water partition coefficient (Wildman–Crippen LogP) is -8.02. The molecule has 0 heterocycles. The Balaban J connectivity index is -0.000000961. The van der Waals surface area contributed by atoms with Gasteiger partial charge < -0.3 is 69.7 Å². The van der Waals surface area contributed by atoms with Crippen molar-refractivity contribution in [3.63, 3.8) is 0 Å². The summed E-state index contributed by atoms with van der Waals surface area (Å²) in [4.78, 5) is 24.8. The van der Waals surface area contributed by atoms with Gasteiger partial charge in [0.15, 0.2) is 0 Å². The van der Waals surface area contributed by atoms with E-state index in [0.29, 0.717) is 38.1 Å². The maximum Gasteiger partial charge on any atom is 4.00 e. The minimum absolute atomic E-state index is 0. The second-order valence-electron chi connectivity index (χ2n) is 9.00. The van der Waals surface area contributed by atoms with Crippen LogP contribution in [0.5, 0.6) is 0 Å². The van der Waals surface area contributed by atoms with Crippen LogP contribution in [0.4, 0.5) is 0 Å². The molecule has 2 saturated carbocycles. The van der Waals surface area contributed by atoms with Gasteiger partial charge in [-0.25, -0.2) is 0 Å². The first-order valence-electron chi connectivity index (χ1n) is 12.4. The first-order valence-corrected chi connectivity index (χ1v) is 12.4. The molecule has 2 aliphatic rings. The van der Waals surface area contributed by atoms with Crippen molar-refractivity contribution >= 4 is 11.9 Å². The van der Waals surface area contributed by atoms with Crippen molar-refractivity contribution in [1.29, 1.82) is 0 Å². The van der Waals surface area contributed by atoms with Crippen molar-refractivity contribution in [3.8, 4) is 0 Å². The quantitative estimate of drug-likeness (QED) is 0.144. The van der Waals surface area contributed by atoms with Crippen LogP contribution >= 0.6 is 0 Å². The summed E-state index contributed by atoms with van der Waals surface area (Å²) in [5.41, 5.74) is 0. The molecule has 0 saturated heterocycles. The Hall–Kier alpha value is 0.708. The summed E-state index contributed by atoms with van der Waals surface area (Å²) in [7, 11) is 0. The molecule has 0 aromatic rings. The molecule has 2 aliphatic carbocycles. The van der Waals surface area contributed by atoms with Gasteiger partial charge in [0.05, 0.1) is 13.2 Å². The normalized spacial score (nSPS) is 17.5. The van der Waals surface area contributed by atoms with Gasteiger partial charge in [-0.2, -0.15) is 0 Å². The zero-order valence-corrected chi connectivity index (χ0v) is 26.4. The number of hydrogen-bond donors (Lipinski definition) is 2. The smallest absolute Gasteiger partial charge is 1.00 e. The van der Waals surface area contributed by atoms with Crippen LogP contribution in [0.3, 0.4) is 0 Å². The summed E-state index contributed by atoms with van der Waals surface area (Å²) in [5.74, 6) is 0.916. The molecular formula is C24H44Cl4N2O4Pt. The Kier molecular flexibility index (Phi) is 32.2. The molecule has 2 rings (SSSR count). The van der Waals surface area contributed by atoms with Gasteiger partial charge in [0, 0.05) is 13.1 Å². The van der Waals surface area contributed by atoms with Crippen LogP contribution in [0.25, 0.3) is 0 Å². The van der Waals surface area contributed by atoms with E-state index in [1.165, 1.54) is 64.2 Å². The number of ether oxygens (including phenoxy) is 2. The van der Waals surface area contributed by atoms with Gasteiger partial charge in [-0.15, -0.1) is 0 Å². The van der Waals surface area contributed by atoms with Crippen molar-refractivity contribution in [2.75, 3.05) is 26.3 Å². The molecule has 2 atom stereocenters. The molecule has 212 valence electrons.